The van der Waals surface area contributed by atoms with E-state index in [1.54, 1.807) is 23.2 Å². The second kappa shape index (κ2) is 9.96. The molecule has 38 heavy (non-hydrogen) atoms. The first-order valence-electron chi connectivity index (χ1n) is 12.6. The molecule has 0 saturated heterocycles. The summed E-state index contributed by atoms with van der Waals surface area (Å²) in [7, 11) is 0. The molecule has 5 rings (SSSR count). The molecule has 1 aliphatic heterocycles. The van der Waals surface area contributed by atoms with E-state index >= 15 is 0 Å². The fourth-order valence-corrected chi connectivity index (χ4v) is 4.90. The molecule has 0 bridgehead atoms. The van der Waals surface area contributed by atoms with Gasteiger partial charge in [0.2, 0.25) is 0 Å². The van der Waals surface area contributed by atoms with Crippen LogP contribution in [-0.2, 0) is 6.18 Å². The molecule has 0 unspecified atom stereocenters. The Morgan fingerprint density at radius 3 is 2.68 bits per heavy atom. The number of aryl methyl sites for hydroxylation is 1. The lowest BCUT2D eigenvalue weighted by molar-refractivity contribution is -0.137. The first-order valence-corrected chi connectivity index (χ1v) is 12.6. The maximum absolute atomic E-state index is 13.9. The molecule has 196 valence electrons. The predicted octanol–water partition coefficient (Wildman–Crippen LogP) is 7.28. The van der Waals surface area contributed by atoms with Gasteiger partial charge in [0.1, 0.15) is 0 Å². The zero-order valence-electron chi connectivity index (χ0n) is 21.4. The summed E-state index contributed by atoms with van der Waals surface area (Å²) < 4.78 is 40.2. The van der Waals surface area contributed by atoms with Crippen LogP contribution in [0.15, 0.2) is 66.9 Å². The Balaban J connectivity index is 1.60. The number of carbonyl (C=O) groups excluding carboxylic acids is 1. The standard InChI is InChI=1S/C29H28F3N5O/c1-4-36-16-14-19(3)37(28(38)35-26-18(2)10-11-24-22(26)9-6-15-33-24)27-25(36)13-12-23(34-27)20-7-5-8-21(17-20)29(30,31)32/h5-13,15,17,19H,4,14,16H2,1-3H3,(H,35,38)/t19-/m1/s1. The molecule has 2 aromatic heterocycles. The molecule has 0 fully saturated rings. The number of aromatic nitrogens is 2. The Bertz CT molecular complexity index is 1500. The first kappa shape index (κ1) is 25.5. The third-order valence-corrected chi connectivity index (χ3v) is 6.99. The summed E-state index contributed by atoms with van der Waals surface area (Å²) in [6, 6.07) is 15.6. The van der Waals surface area contributed by atoms with Gasteiger partial charge in [0.05, 0.1) is 28.1 Å². The van der Waals surface area contributed by atoms with Gasteiger partial charge in [-0.3, -0.25) is 9.88 Å². The lowest BCUT2D eigenvalue weighted by atomic mass is 10.1. The van der Waals surface area contributed by atoms with E-state index in [-0.39, 0.29) is 12.1 Å². The lowest BCUT2D eigenvalue weighted by Crippen LogP contribution is -2.42. The number of halogens is 3. The molecule has 9 heteroatoms. The van der Waals surface area contributed by atoms with Gasteiger partial charge in [0.25, 0.3) is 0 Å². The van der Waals surface area contributed by atoms with Crippen molar-refractivity contribution in [2.45, 2.75) is 39.4 Å². The Hall–Kier alpha value is -4.14. The average molecular weight is 520 g/mol. The molecule has 0 radical (unpaired) electrons. The third kappa shape index (κ3) is 4.76. The summed E-state index contributed by atoms with van der Waals surface area (Å²) in [5, 5.41) is 3.91. The molecule has 3 heterocycles. The van der Waals surface area contributed by atoms with Gasteiger partial charge < -0.3 is 10.2 Å². The van der Waals surface area contributed by atoms with E-state index in [0.29, 0.717) is 35.7 Å². The van der Waals surface area contributed by atoms with E-state index in [2.05, 4.69) is 15.2 Å². The van der Waals surface area contributed by atoms with E-state index in [0.717, 1.165) is 40.8 Å². The Morgan fingerprint density at radius 1 is 1.11 bits per heavy atom. The minimum absolute atomic E-state index is 0.206. The van der Waals surface area contributed by atoms with Crippen LogP contribution in [0, 0.1) is 6.92 Å². The quantitative estimate of drug-likeness (QED) is 0.309. The van der Waals surface area contributed by atoms with E-state index < -0.39 is 11.7 Å². The number of nitrogens with zero attached hydrogens (tertiary/aromatic N) is 4. The Kier molecular flexibility index (Phi) is 6.69. The molecule has 0 spiro atoms. The number of anilines is 3. The number of hydrogen-bond acceptors (Lipinski definition) is 4. The monoisotopic (exact) mass is 519 g/mol. The highest BCUT2D eigenvalue weighted by molar-refractivity contribution is 6.08. The van der Waals surface area contributed by atoms with Crippen molar-refractivity contribution >= 4 is 34.1 Å². The van der Waals surface area contributed by atoms with Gasteiger partial charge in [0, 0.05) is 36.3 Å². The normalized spacial score (nSPS) is 15.8. The molecule has 2 aromatic carbocycles. The topological polar surface area (TPSA) is 61.4 Å². The van der Waals surface area contributed by atoms with Gasteiger partial charge >= 0.3 is 12.2 Å². The van der Waals surface area contributed by atoms with E-state index in [1.807, 2.05) is 51.1 Å². The molecule has 1 N–H and O–H groups in total. The number of benzene rings is 2. The molecule has 6 nitrogen and oxygen atoms in total. The van der Waals surface area contributed by atoms with Gasteiger partial charge in [0.15, 0.2) is 5.82 Å². The van der Waals surface area contributed by atoms with Crippen LogP contribution in [0.1, 0.15) is 31.4 Å². The molecule has 1 atom stereocenters. The maximum atomic E-state index is 13.9. The number of carbonyl (C=O) groups is 1. The number of nitrogens with one attached hydrogen (secondary N) is 1. The van der Waals surface area contributed by atoms with Gasteiger partial charge in [-0.25, -0.2) is 9.78 Å². The smallest absolute Gasteiger partial charge is 0.369 e. The predicted molar refractivity (Wildman–Crippen MR) is 145 cm³/mol. The van der Waals surface area contributed by atoms with Crippen LogP contribution in [-0.4, -0.2) is 35.1 Å². The van der Waals surface area contributed by atoms with E-state index in [1.165, 1.54) is 6.07 Å². The first-order chi connectivity index (χ1) is 18.2. The van der Waals surface area contributed by atoms with Crippen molar-refractivity contribution in [1.82, 2.24) is 9.97 Å². The number of amides is 2. The van der Waals surface area contributed by atoms with Crippen LogP contribution in [0.4, 0.5) is 35.2 Å². The molecular weight excluding hydrogens is 491 g/mol. The second-order valence-electron chi connectivity index (χ2n) is 9.46. The minimum Gasteiger partial charge on any atom is -0.369 e. The summed E-state index contributed by atoms with van der Waals surface area (Å²) >= 11 is 0. The molecule has 1 aliphatic rings. The maximum Gasteiger partial charge on any atom is 0.416 e. The molecule has 0 saturated carbocycles. The van der Waals surface area contributed by atoms with Crippen molar-refractivity contribution < 1.29 is 18.0 Å². The summed E-state index contributed by atoms with van der Waals surface area (Å²) in [4.78, 5) is 26.8. The second-order valence-corrected chi connectivity index (χ2v) is 9.46. The SMILES string of the molecule is CCN1CC[C@@H](C)N(C(=O)Nc2c(C)ccc3ncccc23)c2nc(-c3cccc(C(F)(F)F)c3)ccc21. The van der Waals surface area contributed by atoms with Crippen molar-refractivity contribution in [2.75, 3.05) is 28.2 Å². The summed E-state index contributed by atoms with van der Waals surface area (Å²) in [6.07, 6.45) is -2.06. The van der Waals surface area contributed by atoms with Crippen molar-refractivity contribution in [1.29, 1.82) is 0 Å². The van der Waals surface area contributed by atoms with Crippen molar-refractivity contribution in [3.8, 4) is 11.3 Å². The van der Waals surface area contributed by atoms with Crippen LogP contribution in [0.2, 0.25) is 0 Å². The molecule has 0 aliphatic carbocycles. The number of urea groups is 1. The lowest BCUT2D eigenvalue weighted by Gasteiger charge is -2.29. The summed E-state index contributed by atoms with van der Waals surface area (Å²) in [6.45, 7) is 7.32. The van der Waals surface area contributed by atoms with Crippen molar-refractivity contribution in [2.24, 2.45) is 0 Å². The highest BCUT2D eigenvalue weighted by Gasteiger charge is 2.33. The molecule has 4 aromatic rings. The fourth-order valence-electron chi connectivity index (χ4n) is 4.90. The van der Waals surface area contributed by atoms with Crippen LogP contribution in [0.3, 0.4) is 0 Å². The van der Waals surface area contributed by atoms with Crippen LogP contribution in [0.25, 0.3) is 22.2 Å². The van der Waals surface area contributed by atoms with E-state index in [9.17, 15) is 18.0 Å². The number of hydrogen-bond donors (Lipinski definition) is 1. The third-order valence-electron chi connectivity index (χ3n) is 6.99. The van der Waals surface area contributed by atoms with Crippen LogP contribution in [0.5, 0.6) is 0 Å². The highest BCUT2D eigenvalue weighted by atomic mass is 19.4. The zero-order chi connectivity index (χ0) is 27.0. The van der Waals surface area contributed by atoms with Gasteiger partial charge in [-0.05, 0) is 75.2 Å². The summed E-state index contributed by atoms with van der Waals surface area (Å²) in [5.74, 6) is 0.417. The molecule has 2 amide bonds. The van der Waals surface area contributed by atoms with Crippen LogP contribution >= 0.6 is 0 Å². The zero-order valence-corrected chi connectivity index (χ0v) is 21.4. The van der Waals surface area contributed by atoms with E-state index in [4.69, 9.17) is 4.98 Å². The van der Waals surface area contributed by atoms with Crippen LogP contribution < -0.4 is 15.1 Å². The Labute approximate surface area is 219 Å². The number of fused-ring (bicyclic) bond motifs is 2. The van der Waals surface area contributed by atoms with Gasteiger partial charge in [-0.15, -0.1) is 0 Å². The number of alkyl halides is 3. The fraction of sp³-hybridized carbons (Fsp3) is 0.276. The Morgan fingerprint density at radius 2 is 1.92 bits per heavy atom. The van der Waals surface area contributed by atoms with Gasteiger partial charge in [-0.1, -0.05) is 18.2 Å². The molecular formula is C29H28F3N5O. The largest absolute Gasteiger partial charge is 0.416 e. The highest BCUT2D eigenvalue weighted by Crippen LogP contribution is 2.37. The number of pyridine rings is 2. The van der Waals surface area contributed by atoms with Gasteiger partial charge in [-0.2, -0.15) is 13.2 Å². The van der Waals surface area contributed by atoms with Crippen molar-refractivity contribution in [3.05, 3.63) is 78.0 Å². The minimum atomic E-state index is -4.47. The number of rotatable bonds is 3. The summed E-state index contributed by atoms with van der Waals surface area (Å²) in [5.41, 5.74) is 3.04. The average Bonchev–Trinajstić information content (AvgIpc) is 3.05. The van der Waals surface area contributed by atoms with Crippen molar-refractivity contribution in [3.63, 3.8) is 0 Å².